The smallest absolute Gasteiger partial charge is 0.244 e. The predicted molar refractivity (Wildman–Crippen MR) is 168 cm³/mol. The summed E-state index contributed by atoms with van der Waals surface area (Å²) in [6, 6.07) is 39.1. The number of carbonyl (C=O) groups is 1. The van der Waals surface area contributed by atoms with Crippen molar-refractivity contribution in [3.8, 4) is 0 Å². The van der Waals surface area contributed by atoms with Crippen LogP contribution < -0.4 is 9.62 Å². The molecule has 2 unspecified atom stereocenters. The molecule has 5 nitrogen and oxygen atoms in total. The summed E-state index contributed by atoms with van der Waals surface area (Å²) in [5, 5.41) is 7.91. The van der Waals surface area contributed by atoms with E-state index in [0.717, 1.165) is 37.5 Å². The number of thiophene rings is 1. The Bertz CT molecular complexity index is 1780. The molecule has 6 rings (SSSR count). The first-order chi connectivity index (χ1) is 20.1. The standard InChI is InChI=1S/C34H28N2O3S2/c37-34(35-33(25-13-3-1-4-14-25)26-15-5-2-6-16-26)31(22-27-23-40-32-21-10-9-19-29(27)32)36(41(38)39)30-20-11-17-24-12-7-8-18-28(24)30/h1-21,23,31,33H,22H2,(H,35,37)(H,38,39)/p-1. The van der Waals surface area contributed by atoms with Crippen LogP contribution in [-0.4, -0.2) is 20.7 Å². The van der Waals surface area contributed by atoms with Gasteiger partial charge >= 0.3 is 0 Å². The van der Waals surface area contributed by atoms with Gasteiger partial charge in [-0.2, -0.15) is 0 Å². The van der Waals surface area contributed by atoms with Crippen molar-refractivity contribution in [2.24, 2.45) is 0 Å². The quantitative estimate of drug-likeness (QED) is 0.186. The molecule has 1 amide bonds. The summed E-state index contributed by atoms with van der Waals surface area (Å²) in [6.45, 7) is 0. The van der Waals surface area contributed by atoms with Crippen molar-refractivity contribution >= 4 is 55.1 Å². The number of hydrogen-bond acceptors (Lipinski definition) is 4. The van der Waals surface area contributed by atoms with Crippen molar-refractivity contribution in [3.05, 3.63) is 149 Å². The normalized spacial score (nSPS) is 12.8. The third-order valence-electron chi connectivity index (χ3n) is 7.28. The van der Waals surface area contributed by atoms with Crippen LogP contribution in [0.15, 0.2) is 133 Å². The molecular weight excluding hydrogens is 549 g/mol. The van der Waals surface area contributed by atoms with Gasteiger partial charge < -0.3 is 9.87 Å². The zero-order chi connectivity index (χ0) is 28.2. The van der Waals surface area contributed by atoms with Crippen molar-refractivity contribution < 1.29 is 13.6 Å². The Hall–Kier alpha value is -4.30. The molecule has 0 bridgehead atoms. The second-order valence-corrected chi connectivity index (χ2v) is 11.5. The zero-order valence-electron chi connectivity index (χ0n) is 22.1. The number of nitrogens with zero attached hydrogens (tertiary/aromatic N) is 1. The largest absolute Gasteiger partial charge is 0.755 e. The first-order valence-corrected chi connectivity index (χ1v) is 15.2. The Balaban J connectivity index is 1.46. The summed E-state index contributed by atoms with van der Waals surface area (Å²) in [5.41, 5.74) is 3.21. The second-order valence-electron chi connectivity index (χ2n) is 9.78. The highest BCUT2D eigenvalue weighted by Crippen LogP contribution is 2.33. The molecule has 0 aliphatic rings. The van der Waals surface area contributed by atoms with E-state index in [1.54, 1.807) is 17.4 Å². The zero-order valence-corrected chi connectivity index (χ0v) is 23.7. The Kier molecular flexibility index (Phi) is 7.91. The monoisotopic (exact) mass is 575 g/mol. The van der Waals surface area contributed by atoms with E-state index < -0.39 is 23.4 Å². The van der Waals surface area contributed by atoms with E-state index >= 15 is 0 Å². The molecule has 1 heterocycles. The van der Waals surface area contributed by atoms with Crippen molar-refractivity contribution in [2.75, 3.05) is 4.31 Å². The Labute approximate surface area is 245 Å². The van der Waals surface area contributed by atoms with Crippen molar-refractivity contribution in [2.45, 2.75) is 18.5 Å². The van der Waals surface area contributed by atoms with E-state index in [2.05, 4.69) is 5.32 Å². The highest BCUT2D eigenvalue weighted by molar-refractivity contribution is 7.80. The van der Waals surface area contributed by atoms with Gasteiger partial charge in [0, 0.05) is 27.8 Å². The molecule has 0 spiro atoms. The van der Waals surface area contributed by atoms with Crippen LogP contribution in [0.3, 0.4) is 0 Å². The maximum absolute atomic E-state index is 14.4. The highest BCUT2D eigenvalue weighted by Gasteiger charge is 2.32. The van der Waals surface area contributed by atoms with Crippen LogP contribution in [0.2, 0.25) is 0 Å². The number of anilines is 1. The van der Waals surface area contributed by atoms with Gasteiger partial charge in [-0.25, -0.2) is 0 Å². The molecule has 2 atom stereocenters. The predicted octanol–water partition coefficient (Wildman–Crippen LogP) is 7.17. The summed E-state index contributed by atoms with van der Waals surface area (Å²) in [5.74, 6) is -0.380. The molecule has 0 saturated carbocycles. The highest BCUT2D eigenvalue weighted by atomic mass is 32.2. The minimum Gasteiger partial charge on any atom is -0.755 e. The fourth-order valence-corrected chi connectivity index (χ4v) is 7.00. The van der Waals surface area contributed by atoms with E-state index in [1.165, 1.54) is 4.31 Å². The lowest BCUT2D eigenvalue weighted by atomic mass is 9.97. The van der Waals surface area contributed by atoms with Crippen LogP contribution >= 0.6 is 11.3 Å². The van der Waals surface area contributed by atoms with E-state index in [4.69, 9.17) is 0 Å². The maximum Gasteiger partial charge on any atom is 0.244 e. The fourth-order valence-electron chi connectivity index (χ4n) is 5.32. The van der Waals surface area contributed by atoms with E-state index in [0.29, 0.717) is 5.69 Å². The lowest BCUT2D eigenvalue weighted by Gasteiger charge is -2.35. The topological polar surface area (TPSA) is 72.5 Å². The number of rotatable bonds is 9. The molecule has 0 aliphatic carbocycles. The van der Waals surface area contributed by atoms with E-state index in [9.17, 15) is 13.6 Å². The SMILES string of the molecule is O=C(NC(c1ccccc1)c1ccccc1)C(Cc1csc2ccccc12)N(c1cccc2ccccc12)S(=O)[O-]. The average Bonchev–Trinajstić information content (AvgIpc) is 3.43. The molecule has 0 radical (unpaired) electrons. The third kappa shape index (κ3) is 5.65. The van der Waals surface area contributed by atoms with Gasteiger partial charge in [0.25, 0.3) is 0 Å². The fraction of sp³-hybridized carbons (Fsp3) is 0.0882. The maximum atomic E-state index is 14.4. The van der Waals surface area contributed by atoms with Gasteiger partial charge in [0.2, 0.25) is 5.91 Å². The summed E-state index contributed by atoms with van der Waals surface area (Å²) in [6.07, 6.45) is 0.212. The number of amides is 1. The summed E-state index contributed by atoms with van der Waals surface area (Å²) in [4.78, 5) is 14.4. The average molecular weight is 576 g/mol. The van der Waals surface area contributed by atoms with Crippen LogP contribution in [0.25, 0.3) is 20.9 Å². The minimum absolute atomic E-state index is 0.212. The van der Waals surface area contributed by atoms with Gasteiger partial charge in [-0.15, -0.1) is 11.3 Å². The Morgan fingerprint density at radius 3 is 2.02 bits per heavy atom. The van der Waals surface area contributed by atoms with Crippen molar-refractivity contribution in [1.82, 2.24) is 5.32 Å². The molecule has 1 N–H and O–H groups in total. The van der Waals surface area contributed by atoms with Gasteiger partial charge in [0.1, 0.15) is 6.04 Å². The molecule has 7 heteroatoms. The van der Waals surface area contributed by atoms with Gasteiger partial charge in [-0.3, -0.25) is 13.3 Å². The molecular formula is C34H27N2O3S2-. The molecule has 0 saturated heterocycles. The second kappa shape index (κ2) is 12.1. The molecule has 5 aromatic carbocycles. The molecule has 41 heavy (non-hydrogen) atoms. The van der Waals surface area contributed by atoms with Crippen LogP contribution in [0, 0.1) is 0 Å². The Morgan fingerprint density at radius 1 is 0.756 bits per heavy atom. The summed E-state index contributed by atoms with van der Waals surface area (Å²) < 4.78 is 28.4. The number of fused-ring (bicyclic) bond motifs is 2. The summed E-state index contributed by atoms with van der Waals surface area (Å²) in [7, 11) is 0. The van der Waals surface area contributed by atoms with Crippen LogP contribution in [0.4, 0.5) is 5.69 Å². The summed E-state index contributed by atoms with van der Waals surface area (Å²) >= 11 is -1.14. The molecule has 0 fully saturated rings. The number of benzene rings is 5. The molecule has 204 valence electrons. The molecule has 1 aromatic heterocycles. The Morgan fingerprint density at radius 2 is 1.34 bits per heavy atom. The van der Waals surface area contributed by atoms with Crippen molar-refractivity contribution in [3.63, 3.8) is 0 Å². The van der Waals surface area contributed by atoms with E-state index in [1.807, 2.05) is 127 Å². The lowest BCUT2D eigenvalue weighted by molar-refractivity contribution is -0.122. The lowest BCUT2D eigenvalue weighted by Crippen LogP contribution is -2.50. The molecule has 6 aromatic rings. The first kappa shape index (κ1) is 26.9. The molecule has 0 aliphatic heterocycles. The van der Waals surface area contributed by atoms with Gasteiger partial charge in [0.05, 0.1) is 11.7 Å². The van der Waals surface area contributed by atoms with Gasteiger partial charge in [-0.1, -0.05) is 115 Å². The number of carbonyl (C=O) groups excluding carboxylic acids is 1. The van der Waals surface area contributed by atoms with Gasteiger partial charge in [-0.05, 0) is 45.0 Å². The first-order valence-electron chi connectivity index (χ1n) is 13.3. The van der Waals surface area contributed by atoms with Crippen molar-refractivity contribution in [1.29, 1.82) is 0 Å². The third-order valence-corrected chi connectivity index (χ3v) is 9.06. The van der Waals surface area contributed by atoms with Crippen LogP contribution in [0.5, 0.6) is 0 Å². The van der Waals surface area contributed by atoms with Gasteiger partial charge in [0.15, 0.2) is 0 Å². The number of hydrogen-bond donors (Lipinski definition) is 1. The van der Waals surface area contributed by atoms with E-state index in [-0.39, 0.29) is 12.3 Å². The minimum atomic E-state index is -2.73. The van der Waals surface area contributed by atoms with Crippen LogP contribution in [0.1, 0.15) is 22.7 Å². The van der Waals surface area contributed by atoms with Crippen LogP contribution in [-0.2, 0) is 22.5 Å². The number of nitrogens with one attached hydrogen (secondary N) is 1.